The number of rotatable bonds is 0. The molecule has 21 heavy (non-hydrogen) atoms. The second-order valence-corrected chi connectivity index (χ2v) is 5.98. The van der Waals surface area contributed by atoms with Crippen LogP contribution in [0.3, 0.4) is 0 Å². The lowest BCUT2D eigenvalue weighted by Crippen LogP contribution is -2.19. The summed E-state index contributed by atoms with van der Waals surface area (Å²) in [6.45, 7) is 1.94. The standard InChI is InChI=1S/C15H18BrN5/c1-21-8-3-2-7-17-14-13(16)10-18-15(20-14)19-11-5-4-6-12(21)9-11/h4-6,9-10H,2-3,7-8H2,1H3,(H2,17,18,19,20). The molecule has 0 atom stereocenters. The van der Waals surface area contributed by atoms with Crippen LogP contribution in [-0.2, 0) is 0 Å². The summed E-state index contributed by atoms with van der Waals surface area (Å²) in [5.41, 5.74) is 2.19. The minimum atomic E-state index is 0.597. The fourth-order valence-electron chi connectivity index (χ4n) is 2.31. The van der Waals surface area contributed by atoms with E-state index in [2.05, 4.69) is 60.6 Å². The smallest absolute Gasteiger partial charge is 0.229 e. The molecule has 2 aromatic rings. The molecule has 2 N–H and O–H groups in total. The molecule has 0 amide bonds. The first-order valence-corrected chi connectivity index (χ1v) is 7.86. The van der Waals surface area contributed by atoms with Crippen molar-refractivity contribution in [3.8, 4) is 0 Å². The molecule has 0 saturated carbocycles. The van der Waals surface area contributed by atoms with Gasteiger partial charge < -0.3 is 15.5 Å². The van der Waals surface area contributed by atoms with Gasteiger partial charge in [-0.1, -0.05) is 6.07 Å². The van der Waals surface area contributed by atoms with E-state index >= 15 is 0 Å². The van der Waals surface area contributed by atoms with Crippen molar-refractivity contribution >= 4 is 39.1 Å². The van der Waals surface area contributed by atoms with Gasteiger partial charge in [-0.05, 0) is 47.0 Å². The summed E-state index contributed by atoms with van der Waals surface area (Å²) in [5, 5.41) is 6.62. The number of nitrogens with zero attached hydrogens (tertiary/aromatic N) is 3. The topological polar surface area (TPSA) is 53.1 Å². The highest BCUT2D eigenvalue weighted by Gasteiger charge is 2.08. The number of halogens is 1. The van der Waals surface area contributed by atoms with Crippen LogP contribution in [-0.4, -0.2) is 30.1 Å². The number of fused-ring (bicyclic) bond motifs is 4. The van der Waals surface area contributed by atoms with Gasteiger partial charge in [-0.3, -0.25) is 0 Å². The van der Waals surface area contributed by atoms with Crippen molar-refractivity contribution in [1.29, 1.82) is 0 Å². The highest BCUT2D eigenvalue weighted by atomic mass is 79.9. The Labute approximate surface area is 132 Å². The van der Waals surface area contributed by atoms with Crippen molar-refractivity contribution in [3.63, 3.8) is 0 Å². The zero-order valence-corrected chi connectivity index (χ0v) is 13.5. The van der Waals surface area contributed by atoms with Gasteiger partial charge >= 0.3 is 0 Å². The summed E-state index contributed by atoms with van der Waals surface area (Å²) in [4.78, 5) is 11.1. The largest absolute Gasteiger partial charge is 0.375 e. The summed E-state index contributed by atoms with van der Waals surface area (Å²) >= 11 is 3.48. The van der Waals surface area contributed by atoms with Crippen molar-refractivity contribution < 1.29 is 0 Å². The second kappa shape index (κ2) is 6.30. The Morgan fingerprint density at radius 1 is 1.29 bits per heavy atom. The van der Waals surface area contributed by atoms with Gasteiger partial charge in [0.2, 0.25) is 5.95 Å². The van der Waals surface area contributed by atoms with Crippen molar-refractivity contribution in [2.75, 3.05) is 35.7 Å². The van der Waals surface area contributed by atoms with Gasteiger partial charge in [0.05, 0.1) is 4.47 Å². The van der Waals surface area contributed by atoms with Crippen LogP contribution < -0.4 is 15.5 Å². The van der Waals surface area contributed by atoms with E-state index < -0.39 is 0 Å². The van der Waals surface area contributed by atoms with Gasteiger partial charge in [-0.15, -0.1) is 0 Å². The van der Waals surface area contributed by atoms with Gasteiger partial charge in [0.1, 0.15) is 5.82 Å². The lowest BCUT2D eigenvalue weighted by Gasteiger charge is -2.19. The van der Waals surface area contributed by atoms with Crippen molar-refractivity contribution in [2.24, 2.45) is 0 Å². The zero-order chi connectivity index (χ0) is 14.7. The molecule has 6 heteroatoms. The molecule has 3 rings (SSSR count). The SMILES string of the molecule is CN1CCCCNc2nc(ncc2Br)Nc2cccc1c2. The fourth-order valence-corrected chi connectivity index (χ4v) is 2.64. The summed E-state index contributed by atoms with van der Waals surface area (Å²) in [5.74, 6) is 1.43. The monoisotopic (exact) mass is 347 g/mol. The van der Waals surface area contributed by atoms with Crippen LogP contribution in [0.15, 0.2) is 34.9 Å². The number of hydrogen-bond acceptors (Lipinski definition) is 5. The number of nitrogens with one attached hydrogen (secondary N) is 2. The van der Waals surface area contributed by atoms with E-state index in [-0.39, 0.29) is 0 Å². The van der Waals surface area contributed by atoms with E-state index in [1.165, 1.54) is 5.69 Å². The third kappa shape index (κ3) is 3.44. The first-order valence-electron chi connectivity index (χ1n) is 7.07. The Balaban J connectivity index is 1.95. The van der Waals surface area contributed by atoms with Crippen LogP contribution in [0.25, 0.3) is 0 Å². The maximum Gasteiger partial charge on any atom is 0.229 e. The molecule has 0 unspecified atom stereocenters. The maximum atomic E-state index is 4.51. The molecule has 4 bridgehead atoms. The Hall–Kier alpha value is -1.82. The Bertz CT molecular complexity index is 631. The van der Waals surface area contributed by atoms with Gasteiger partial charge in [0.15, 0.2) is 0 Å². The van der Waals surface area contributed by atoms with Gasteiger partial charge in [-0.25, -0.2) is 4.98 Å². The van der Waals surface area contributed by atoms with Crippen LogP contribution in [0.2, 0.25) is 0 Å². The lowest BCUT2D eigenvalue weighted by molar-refractivity contribution is 0.741. The minimum Gasteiger partial charge on any atom is -0.375 e. The molecule has 1 aromatic heterocycles. The highest BCUT2D eigenvalue weighted by Crippen LogP contribution is 2.24. The number of anilines is 4. The summed E-state index contributed by atoms with van der Waals surface area (Å²) in [6.07, 6.45) is 4.01. The Kier molecular flexibility index (Phi) is 4.24. The van der Waals surface area contributed by atoms with E-state index in [1.807, 2.05) is 12.1 Å². The van der Waals surface area contributed by atoms with Crippen molar-refractivity contribution in [3.05, 3.63) is 34.9 Å². The van der Waals surface area contributed by atoms with E-state index in [4.69, 9.17) is 0 Å². The van der Waals surface area contributed by atoms with E-state index in [0.29, 0.717) is 5.95 Å². The summed E-state index contributed by atoms with van der Waals surface area (Å²) in [6, 6.07) is 8.31. The third-order valence-corrected chi connectivity index (χ3v) is 4.08. The molecule has 0 fully saturated rings. The molecule has 2 heterocycles. The number of aromatic nitrogens is 2. The number of hydrogen-bond donors (Lipinski definition) is 2. The van der Waals surface area contributed by atoms with Gasteiger partial charge in [0.25, 0.3) is 0 Å². The molecule has 1 aromatic carbocycles. The second-order valence-electron chi connectivity index (χ2n) is 5.12. The minimum absolute atomic E-state index is 0.597. The average Bonchev–Trinajstić information content (AvgIpc) is 2.50. The number of benzene rings is 1. The molecular weight excluding hydrogens is 330 g/mol. The van der Waals surface area contributed by atoms with E-state index in [1.54, 1.807) is 6.20 Å². The third-order valence-electron chi connectivity index (χ3n) is 3.50. The molecule has 0 saturated heterocycles. The molecular formula is C15H18BrN5. The molecule has 1 aliphatic rings. The van der Waals surface area contributed by atoms with Gasteiger partial charge in [-0.2, -0.15) is 4.98 Å². The van der Waals surface area contributed by atoms with Crippen molar-refractivity contribution in [2.45, 2.75) is 12.8 Å². The van der Waals surface area contributed by atoms with Crippen LogP contribution in [0.4, 0.5) is 23.1 Å². The van der Waals surface area contributed by atoms with Crippen LogP contribution in [0.1, 0.15) is 12.8 Å². The molecule has 5 nitrogen and oxygen atoms in total. The summed E-state index contributed by atoms with van der Waals surface area (Å²) < 4.78 is 0.883. The lowest BCUT2D eigenvalue weighted by atomic mass is 10.2. The van der Waals surface area contributed by atoms with Crippen LogP contribution in [0.5, 0.6) is 0 Å². The first-order chi connectivity index (χ1) is 10.2. The first kappa shape index (κ1) is 14.1. The molecule has 0 radical (unpaired) electrons. The van der Waals surface area contributed by atoms with Crippen LogP contribution >= 0.6 is 15.9 Å². The van der Waals surface area contributed by atoms with E-state index in [0.717, 1.165) is 41.9 Å². The molecule has 0 aliphatic carbocycles. The molecule has 0 spiro atoms. The average molecular weight is 348 g/mol. The predicted octanol–water partition coefficient (Wildman–Crippen LogP) is 3.62. The molecule has 1 aliphatic heterocycles. The maximum absolute atomic E-state index is 4.51. The Morgan fingerprint density at radius 3 is 3.10 bits per heavy atom. The van der Waals surface area contributed by atoms with Gasteiger partial charge in [0, 0.05) is 37.7 Å². The quantitative estimate of drug-likeness (QED) is 0.762. The highest BCUT2D eigenvalue weighted by molar-refractivity contribution is 9.10. The Morgan fingerprint density at radius 2 is 2.19 bits per heavy atom. The summed E-state index contributed by atoms with van der Waals surface area (Å²) in [7, 11) is 2.12. The van der Waals surface area contributed by atoms with Crippen LogP contribution in [0, 0.1) is 0 Å². The van der Waals surface area contributed by atoms with Crippen molar-refractivity contribution in [1.82, 2.24) is 9.97 Å². The fraction of sp³-hybridized carbons (Fsp3) is 0.333. The molecule has 110 valence electrons. The normalized spacial score (nSPS) is 15.0. The van der Waals surface area contributed by atoms with E-state index in [9.17, 15) is 0 Å². The zero-order valence-electron chi connectivity index (χ0n) is 11.9. The predicted molar refractivity (Wildman–Crippen MR) is 90.5 cm³/mol.